The number of hydrogen-bond acceptors (Lipinski definition) is 6. The first-order valence-corrected chi connectivity index (χ1v) is 15.5. The third kappa shape index (κ3) is 6.69. The van der Waals surface area contributed by atoms with Crippen LogP contribution in [0.5, 0.6) is 5.75 Å². The predicted octanol–water partition coefficient (Wildman–Crippen LogP) is 7.50. The number of amides is 3. The Morgan fingerprint density at radius 1 is 0.978 bits per heavy atom. The highest BCUT2D eigenvalue weighted by Crippen LogP contribution is 2.35. The van der Waals surface area contributed by atoms with Crippen LogP contribution in [0.15, 0.2) is 77.7 Å². The molecule has 13 heteroatoms. The minimum atomic E-state index is -4.76. The third-order valence-electron chi connectivity index (χ3n) is 7.62. The SMILES string of the molecule is Cc1cc(C)c(N2C(=O)CSC2=NC(=O)NC2=C(c3ccc(-c4ncn(-c5ccc(OC(F)(F)F)cc5)n4)cc3)CCC2)c(C)c1. The molecule has 4 aromatic rings. The molecule has 1 N–H and O–H groups in total. The molecule has 1 fully saturated rings. The minimum Gasteiger partial charge on any atom is -0.406 e. The number of carbonyl (C=O) groups excluding carboxylic acids is 2. The fourth-order valence-electron chi connectivity index (χ4n) is 5.77. The van der Waals surface area contributed by atoms with Crippen molar-refractivity contribution in [2.24, 2.45) is 4.99 Å². The molecule has 1 aromatic heterocycles. The van der Waals surface area contributed by atoms with Crippen LogP contribution in [0.25, 0.3) is 22.6 Å². The summed E-state index contributed by atoms with van der Waals surface area (Å²) >= 11 is 1.25. The minimum absolute atomic E-state index is 0.111. The summed E-state index contributed by atoms with van der Waals surface area (Å²) in [6, 6.07) is 16.5. The average Bonchev–Trinajstić information content (AvgIpc) is 3.74. The van der Waals surface area contributed by atoms with Gasteiger partial charge in [-0.15, -0.1) is 18.3 Å². The van der Waals surface area contributed by atoms with Gasteiger partial charge in [0.2, 0.25) is 5.91 Å². The van der Waals surface area contributed by atoms with Crippen molar-refractivity contribution in [1.82, 2.24) is 20.1 Å². The number of aryl methyl sites for hydroxylation is 3. The summed E-state index contributed by atoms with van der Waals surface area (Å²) in [5.41, 5.74) is 7.78. The number of anilines is 1. The standard InChI is InChI=1S/C33H29F3N6O3S/c1-19-15-20(2)29(21(3)16-19)42-28(43)17-46-32(42)39-31(44)38-27-6-4-5-26(27)22-7-9-23(10-8-22)30-37-18-41(40-30)24-11-13-25(14-12-24)45-33(34,35)36/h7-16,18H,4-6,17H2,1-3H3,(H,38,44). The maximum atomic E-state index is 13.1. The Bertz CT molecular complexity index is 1860. The van der Waals surface area contributed by atoms with Crippen LogP contribution in [-0.2, 0) is 4.79 Å². The number of halogens is 3. The zero-order valence-electron chi connectivity index (χ0n) is 25.2. The average molecular weight is 647 g/mol. The van der Waals surface area contributed by atoms with Gasteiger partial charge in [0.15, 0.2) is 11.0 Å². The second-order valence-electron chi connectivity index (χ2n) is 11.0. The van der Waals surface area contributed by atoms with Crippen molar-refractivity contribution in [3.8, 4) is 22.8 Å². The van der Waals surface area contributed by atoms with E-state index >= 15 is 0 Å². The molecule has 6 rings (SSSR count). The van der Waals surface area contributed by atoms with Gasteiger partial charge >= 0.3 is 12.4 Å². The number of rotatable bonds is 6. The van der Waals surface area contributed by atoms with Crippen LogP contribution in [0.2, 0.25) is 0 Å². The molecule has 0 saturated carbocycles. The summed E-state index contributed by atoms with van der Waals surface area (Å²) in [7, 11) is 0. The smallest absolute Gasteiger partial charge is 0.406 e. The first kappa shape index (κ1) is 31.1. The van der Waals surface area contributed by atoms with Gasteiger partial charge in [0, 0.05) is 11.3 Å². The van der Waals surface area contributed by atoms with Crippen molar-refractivity contribution in [2.45, 2.75) is 46.4 Å². The van der Waals surface area contributed by atoms with E-state index in [0.29, 0.717) is 23.1 Å². The number of benzene rings is 3. The first-order valence-electron chi connectivity index (χ1n) is 14.5. The van der Waals surface area contributed by atoms with E-state index in [0.717, 1.165) is 57.6 Å². The number of nitrogens with one attached hydrogen (secondary N) is 1. The van der Waals surface area contributed by atoms with Crippen molar-refractivity contribution in [3.05, 3.63) is 94.9 Å². The third-order valence-corrected chi connectivity index (χ3v) is 8.54. The number of allylic oxidation sites excluding steroid dienone is 2. The lowest BCUT2D eigenvalue weighted by Crippen LogP contribution is -2.32. The van der Waals surface area contributed by atoms with Crippen LogP contribution in [0.1, 0.15) is 41.5 Å². The zero-order chi connectivity index (χ0) is 32.6. The van der Waals surface area contributed by atoms with Crippen LogP contribution >= 0.6 is 11.8 Å². The number of aliphatic imine (C=N–C) groups is 1. The molecular formula is C33H29F3N6O3S. The molecule has 1 aliphatic carbocycles. The number of carbonyl (C=O) groups is 2. The Labute approximate surface area is 267 Å². The Morgan fingerprint density at radius 3 is 2.33 bits per heavy atom. The van der Waals surface area contributed by atoms with Gasteiger partial charge in [-0.2, -0.15) is 4.99 Å². The lowest BCUT2D eigenvalue weighted by molar-refractivity contribution is -0.274. The van der Waals surface area contributed by atoms with Crippen LogP contribution in [0, 0.1) is 20.8 Å². The Morgan fingerprint density at radius 2 is 1.65 bits per heavy atom. The van der Waals surface area contributed by atoms with Crippen molar-refractivity contribution < 1.29 is 27.5 Å². The van der Waals surface area contributed by atoms with Crippen LogP contribution in [0.3, 0.4) is 0 Å². The van der Waals surface area contributed by atoms with Gasteiger partial charge in [0.1, 0.15) is 12.1 Å². The molecule has 9 nitrogen and oxygen atoms in total. The van der Waals surface area contributed by atoms with Gasteiger partial charge in [-0.1, -0.05) is 53.7 Å². The molecule has 3 amide bonds. The molecule has 0 bridgehead atoms. The summed E-state index contributed by atoms with van der Waals surface area (Å²) in [6.45, 7) is 5.90. The molecule has 1 saturated heterocycles. The highest BCUT2D eigenvalue weighted by molar-refractivity contribution is 8.15. The van der Waals surface area contributed by atoms with Crippen molar-refractivity contribution in [2.75, 3.05) is 10.7 Å². The maximum Gasteiger partial charge on any atom is 0.573 e. The lowest BCUT2D eigenvalue weighted by Gasteiger charge is -2.21. The summed E-state index contributed by atoms with van der Waals surface area (Å²) in [5, 5.41) is 7.79. The van der Waals surface area contributed by atoms with Crippen LogP contribution < -0.4 is 15.0 Å². The van der Waals surface area contributed by atoms with Crippen molar-refractivity contribution in [3.63, 3.8) is 0 Å². The summed E-state index contributed by atoms with van der Waals surface area (Å²) < 4.78 is 42.8. The number of aromatic nitrogens is 3. The molecule has 3 aromatic carbocycles. The second kappa shape index (κ2) is 12.5. The largest absolute Gasteiger partial charge is 0.573 e. The molecule has 236 valence electrons. The van der Waals surface area contributed by atoms with Gasteiger partial charge in [0.25, 0.3) is 0 Å². The van der Waals surface area contributed by atoms with E-state index in [1.807, 2.05) is 57.2 Å². The monoisotopic (exact) mass is 646 g/mol. The van der Waals surface area contributed by atoms with Crippen LogP contribution in [-0.4, -0.2) is 44.0 Å². The molecule has 0 spiro atoms. The Hall–Kier alpha value is -4.91. The van der Waals surface area contributed by atoms with Crippen molar-refractivity contribution in [1.29, 1.82) is 0 Å². The van der Waals surface area contributed by atoms with E-state index in [1.165, 1.54) is 47.0 Å². The Kier molecular flexibility index (Phi) is 8.43. The number of thioether (sulfide) groups is 1. The highest BCUT2D eigenvalue weighted by atomic mass is 32.2. The number of amidine groups is 1. The molecule has 0 radical (unpaired) electrons. The lowest BCUT2D eigenvalue weighted by atomic mass is 10.0. The molecule has 46 heavy (non-hydrogen) atoms. The zero-order valence-corrected chi connectivity index (χ0v) is 26.0. The summed E-state index contributed by atoms with van der Waals surface area (Å²) in [5.74, 6) is 0.229. The highest BCUT2D eigenvalue weighted by Gasteiger charge is 2.33. The quantitative estimate of drug-likeness (QED) is 0.233. The van der Waals surface area contributed by atoms with E-state index < -0.39 is 12.4 Å². The summed E-state index contributed by atoms with van der Waals surface area (Å²) in [4.78, 5) is 36.1. The number of alkyl halides is 3. The maximum absolute atomic E-state index is 13.1. The normalized spacial score (nSPS) is 16.1. The van der Waals surface area contributed by atoms with E-state index in [2.05, 4.69) is 25.1 Å². The van der Waals surface area contributed by atoms with E-state index in [-0.39, 0.29) is 17.4 Å². The molecule has 2 heterocycles. The van der Waals surface area contributed by atoms with Crippen LogP contribution in [0.4, 0.5) is 23.7 Å². The fraction of sp³-hybridized carbons (Fsp3) is 0.242. The van der Waals surface area contributed by atoms with Crippen molar-refractivity contribution >= 4 is 40.1 Å². The topological polar surface area (TPSA) is 102 Å². The number of nitrogens with zero attached hydrogens (tertiary/aromatic N) is 5. The van der Waals surface area contributed by atoms with Gasteiger partial charge in [-0.25, -0.2) is 14.5 Å². The van der Waals surface area contributed by atoms with E-state index in [9.17, 15) is 22.8 Å². The summed E-state index contributed by atoms with van der Waals surface area (Å²) in [6.07, 6.45) is -0.923. The predicted molar refractivity (Wildman–Crippen MR) is 171 cm³/mol. The number of ether oxygens (including phenoxy) is 1. The van der Waals surface area contributed by atoms with E-state index in [4.69, 9.17) is 0 Å². The molecule has 2 aliphatic rings. The van der Waals surface area contributed by atoms with Gasteiger partial charge < -0.3 is 10.1 Å². The molecular weight excluding hydrogens is 617 g/mol. The molecule has 0 unspecified atom stereocenters. The molecule has 1 aliphatic heterocycles. The van der Waals surface area contributed by atoms with E-state index in [1.54, 1.807) is 4.90 Å². The van der Waals surface area contributed by atoms with Gasteiger partial charge in [-0.05, 0) is 86.6 Å². The number of urea groups is 1. The number of hydrogen-bond donors (Lipinski definition) is 1. The fourth-order valence-corrected chi connectivity index (χ4v) is 6.63. The van der Waals surface area contributed by atoms with Gasteiger partial charge in [-0.3, -0.25) is 9.69 Å². The van der Waals surface area contributed by atoms with Gasteiger partial charge in [0.05, 0.1) is 17.1 Å². The first-order chi connectivity index (χ1) is 21.9. The second-order valence-corrected chi connectivity index (χ2v) is 12.0. The molecule has 0 atom stereocenters. The Balaban J connectivity index is 1.16.